The van der Waals surface area contributed by atoms with E-state index >= 15 is 0 Å². The Morgan fingerprint density at radius 2 is 1.67 bits per heavy atom. The second-order valence-corrected chi connectivity index (χ2v) is 3.93. The molecule has 2 heteroatoms. The maximum atomic E-state index is 11.1. The molecule has 0 N–H and O–H groups in total. The van der Waals surface area contributed by atoms with E-state index in [9.17, 15) is 4.79 Å². The van der Waals surface area contributed by atoms with Gasteiger partial charge in [-0.05, 0) is 12.8 Å². The van der Waals surface area contributed by atoms with Crippen molar-refractivity contribution < 1.29 is 9.53 Å². The first-order valence-electron chi connectivity index (χ1n) is 6.31. The van der Waals surface area contributed by atoms with Gasteiger partial charge in [-0.1, -0.05) is 52.4 Å². The predicted octanol–water partition coefficient (Wildman–Crippen LogP) is 3.89. The van der Waals surface area contributed by atoms with Crippen LogP contribution in [0.5, 0.6) is 0 Å². The molecular weight excluding hydrogens is 188 g/mol. The molecule has 0 saturated heterocycles. The molecule has 2 nitrogen and oxygen atoms in total. The SMILES string of the molecule is CCC[CH]C(=O)OCCCCCCCC. The van der Waals surface area contributed by atoms with E-state index in [1.807, 2.05) is 0 Å². The molecule has 0 fully saturated rings. The van der Waals surface area contributed by atoms with Gasteiger partial charge >= 0.3 is 5.97 Å². The van der Waals surface area contributed by atoms with Crippen LogP contribution in [0.15, 0.2) is 0 Å². The Labute approximate surface area is 94.4 Å². The third-order valence-corrected chi connectivity index (χ3v) is 2.34. The first-order chi connectivity index (χ1) is 7.31. The third-order valence-electron chi connectivity index (χ3n) is 2.34. The smallest absolute Gasteiger partial charge is 0.309 e. The zero-order valence-corrected chi connectivity index (χ0v) is 10.3. The zero-order valence-electron chi connectivity index (χ0n) is 10.3. The highest BCUT2D eigenvalue weighted by molar-refractivity contribution is 5.78. The maximum absolute atomic E-state index is 11.1. The summed E-state index contributed by atoms with van der Waals surface area (Å²) in [6, 6.07) is 0. The lowest BCUT2D eigenvalue weighted by Crippen LogP contribution is -2.06. The summed E-state index contributed by atoms with van der Waals surface area (Å²) in [6.45, 7) is 4.86. The lowest BCUT2D eigenvalue weighted by atomic mass is 10.1. The monoisotopic (exact) mass is 213 g/mol. The minimum absolute atomic E-state index is 0.148. The van der Waals surface area contributed by atoms with E-state index in [1.54, 1.807) is 6.42 Å². The van der Waals surface area contributed by atoms with E-state index in [1.165, 1.54) is 32.1 Å². The van der Waals surface area contributed by atoms with Crippen LogP contribution in [0.3, 0.4) is 0 Å². The fraction of sp³-hybridized carbons (Fsp3) is 0.846. The average Bonchev–Trinajstić information content (AvgIpc) is 2.25. The second kappa shape index (κ2) is 11.5. The molecule has 0 aliphatic rings. The van der Waals surface area contributed by atoms with Gasteiger partial charge in [-0.3, -0.25) is 4.79 Å². The molecule has 0 saturated carbocycles. The molecule has 0 amide bonds. The highest BCUT2D eigenvalue weighted by atomic mass is 16.5. The van der Waals surface area contributed by atoms with Gasteiger partial charge in [0.1, 0.15) is 0 Å². The van der Waals surface area contributed by atoms with Gasteiger partial charge in [0.05, 0.1) is 13.0 Å². The lowest BCUT2D eigenvalue weighted by Gasteiger charge is -2.03. The Bertz CT molecular complexity index is 143. The van der Waals surface area contributed by atoms with Crippen molar-refractivity contribution in [3.63, 3.8) is 0 Å². The van der Waals surface area contributed by atoms with E-state index in [2.05, 4.69) is 13.8 Å². The number of hydrogen-bond donors (Lipinski definition) is 0. The van der Waals surface area contributed by atoms with Crippen molar-refractivity contribution in [2.75, 3.05) is 6.61 Å². The first kappa shape index (κ1) is 14.5. The van der Waals surface area contributed by atoms with Crippen molar-refractivity contribution in [1.82, 2.24) is 0 Å². The molecule has 15 heavy (non-hydrogen) atoms. The molecule has 0 aromatic carbocycles. The van der Waals surface area contributed by atoms with E-state index in [-0.39, 0.29) is 5.97 Å². The van der Waals surface area contributed by atoms with E-state index in [4.69, 9.17) is 4.74 Å². The molecule has 0 aliphatic carbocycles. The van der Waals surface area contributed by atoms with E-state index < -0.39 is 0 Å². The minimum atomic E-state index is -0.148. The van der Waals surface area contributed by atoms with Crippen molar-refractivity contribution in [3.05, 3.63) is 6.42 Å². The van der Waals surface area contributed by atoms with Crippen molar-refractivity contribution in [2.24, 2.45) is 0 Å². The fourth-order valence-electron chi connectivity index (χ4n) is 1.38. The lowest BCUT2D eigenvalue weighted by molar-refractivity contribution is -0.139. The minimum Gasteiger partial charge on any atom is -0.465 e. The van der Waals surface area contributed by atoms with Crippen LogP contribution in [0.4, 0.5) is 0 Å². The number of ether oxygens (including phenoxy) is 1. The number of esters is 1. The van der Waals surface area contributed by atoms with Crippen LogP contribution in [-0.2, 0) is 9.53 Å². The average molecular weight is 213 g/mol. The molecule has 1 radical (unpaired) electrons. The van der Waals surface area contributed by atoms with Crippen molar-refractivity contribution in [1.29, 1.82) is 0 Å². The van der Waals surface area contributed by atoms with Crippen molar-refractivity contribution in [2.45, 2.75) is 65.2 Å². The van der Waals surface area contributed by atoms with Crippen LogP contribution in [0.25, 0.3) is 0 Å². The van der Waals surface area contributed by atoms with Crippen LogP contribution >= 0.6 is 0 Å². The summed E-state index contributed by atoms with van der Waals surface area (Å²) in [4.78, 5) is 11.1. The summed E-state index contributed by atoms with van der Waals surface area (Å²) < 4.78 is 5.06. The van der Waals surface area contributed by atoms with Gasteiger partial charge < -0.3 is 4.74 Å². The van der Waals surface area contributed by atoms with Gasteiger partial charge in [-0.2, -0.15) is 0 Å². The van der Waals surface area contributed by atoms with Crippen LogP contribution < -0.4 is 0 Å². The molecular formula is C13H25O2. The van der Waals surface area contributed by atoms with Gasteiger partial charge in [0, 0.05) is 0 Å². The molecule has 0 heterocycles. The Morgan fingerprint density at radius 3 is 2.33 bits per heavy atom. The van der Waals surface area contributed by atoms with Crippen LogP contribution in [0.2, 0.25) is 0 Å². The molecule has 0 aromatic rings. The summed E-state index contributed by atoms with van der Waals surface area (Å²) in [7, 11) is 0. The van der Waals surface area contributed by atoms with Crippen molar-refractivity contribution >= 4 is 5.97 Å². The Hall–Kier alpha value is -0.530. The summed E-state index contributed by atoms with van der Waals surface area (Å²) in [5.74, 6) is -0.148. The molecule has 0 rings (SSSR count). The first-order valence-corrected chi connectivity index (χ1v) is 6.31. The molecule has 89 valence electrons. The maximum Gasteiger partial charge on any atom is 0.309 e. The molecule has 0 atom stereocenters. The van der Waals surface area contributed by atoms with Gasteiger partial charge in [-0.25, -0.2) is 0 Å². The number of carbonyl (C=O) groups excluding carboxylic acids is 1. The van der Waals surface area contributed by atoms with Gasteiger partial charge in [-0.15, -0.1) is 0 Å². The highest BCUT2D eigenvalue weighted by Crippen LogP contribution is 2.05. The largest absolute Gasteiger partial charge is 0.465 e. The number of carbonyl (C=O) groups is 1. The van der Waals surface area contributed by atoms with Crippen LogP contribution in [-0.4, -0.2) is 12.6 Å². The van der Waals surface area contributed by atoms with E-state index in [0.29, 0.717) is 6.61 Å². The molecule has 0 aromatic heterocycles. The third kappa shape index (κ3) is 11.4. The predicted molar refractivity (Wildman–Crippen MR) is 63.5 cm³/mol. The quantitative estimate of drug-likeness (QED) is 0.406. The fourth-order valence-corrected chi connectivity index (χ4v) is 1.38. The Morgan fingerprint density at radius 1 is 1.00 bits per heavy atom. The molecule has 0 spiro atoms. The number of unbranched alkanes of at least 4 members (excludes halogenated alkanes) is 6. The Balaban J connectivity index is 3.06. The summed E-state index contributed by atoms with van der Waals surface area (Å²) >= 11 is 0. The zero-order chi connectivity index (χ0) is 11.4. The van der Waals surface area contributed by atoms with Crippen molar-refractivity contribution in [3.8, 4) is 0 Å². The van der Waals surface area contributed by atoms with Crippen LogP contribution in [0.1, 0.15) is 65.2 Å². The highest BCUT2D eigenvalue weighted by Gasteiger charge is 2.01. The number of rotatable bonds is 10. The van der Waals surface area contributed by atoms with Crippen LogP contribution in [0, 0.1) is 6.42 Å². The second-order valence-electron chi connectivity index (χ2n) is 3.93. The molecule has 0 bridgehead atoms. The Kier molecular flexibility index (Phi) is 11.1. The van der Waals surface area contributed by atoms with Gasteiger partial charge in [0.15, 0.2) is 0 Å². The topological polar surface area (TPSA) is 26.3 Å². The number of hydrogen-bond acceptors (Lipinski definition) is 2. The summed E-state index contributed by atoms with van der Waals surface area (Å²) in [5.41, 5.74) is 0. The van der Waals surface area contributed by atoms with Gasteiger partial charge in [0.2, 0.25) is 0 Å². The summed E-state index contributed by atoms with van der Waals surface area (Å²) in [6.07, 6.45) is 10.8. The summed E-state index contributed by atoms with van der Waals surface area (Å²) in [5, 5.41) is 0. The normalized spacial score (nSPS) is 10.3. The van der Waals surface area contributed by atoms with E-state index in [0.717, 1.165) is 19.3 Å². The standard InChI is InChI=1S/C13H25O2/c1-3-5-7-8-9-10-12-15-13(14)11-6-4-2/h11H,3-10,12H2,1-2H3. The molecule has 0 aliphatic heterocycles. The van der Waals surface area contributed by atoms with Gasteiger partial charge in [0.25, 0.3) is 0 Å². The molecule has 0 unspecified atom stereocenters.